The van der Waals surface area contributed by atoms with Crippen molar-refractivity contribution in [1.82, 2.24) is 10.2 Å². The Kier molecular flexibility index (Phi) is 6.60. The SMILES string of the molecule is C[C@H](Oc1ccc(Cl)cc1Cl)C(=O)Nc1cccc(-c2ccc(S(C)(=O)=O)nn2)c1. The van der Waals surface area contributed by atoms with Crippen LogP contribution in [0.3, 0.4) is 0 Å². The van der Waals surface area contributed by atoms with Crippen molar-refractivity contribution in [3.63, 3.8) is 0 Å². The number of nitrogens with one attached hydrogen (secondary N) is 1. The van der Waals surface area contributed by atoms with Crippen LogP contribution in [0, 0.1) is 0 Å². The highest BCUT2D eigenvalue weighted by molar-refractivity contribution is 7.90. The van der Waals surface area contributed by atoms with Gasteiger partial charge in [0.15, 0.2) is 21.0 Å². The predicted molar refractivity (Wildman–Crippen MR) is 116 cm³/mol. The zero-order valence-corrected chi connectivity index (χ0v) is 18.3. The number of hydrogen-bond acceptors (Lipinski definition) is 6. The first kappa shape index (κ1) is 22.0. The first-order chi connectivity index (χ1) is 14.1. The van der Waals surface area contributed by atoms with Crippen LogP contribution in [0.15, 0.2) is 59.6 Å². The second-order valence-electron chi connectivity index (χ2n) is 6.43. The highest BCUT2D eigenvalue weighted by Crippen LogP contribution is 2.28. The maximum atomic E-state index is 12.5. The molecule has 1 atom stereocenters. The number of carbonyl (C=O) groups is 1. The first-order valence-corrected chi connectivity index (χ1v) is 11.3. The molecule has 3 rings (SSSR count). The fraction of sp³-hybridized carbons (Fsp3) is 0.150. The van der Waals surface area contributed by atoms with Gasteiger partial charge in [-0.2, -0.15) is 0 Å². The molecule has 0 spiro atoms. The number of aromatic nitrogens is 2. The molecule has 0 radical (unpaired) electrons. The Morgan fingerprint density at radius 3 is 2.47 bits per heavy atom. The normalized spacial score (nSPS) is 12.3. The van der Waals surface area contributed by atoms with Crippen LogP contribution in [0.2, 0.25) is 10.0 Å². The van der Waals surface area contributed by atoms with Gasteiger partial charge in [-0.1, -0.05) is 35.3 Å². The Morgan fingerprint density at radius 2 is 1.83 bits per heavy atom. The van der Waals surface area contributed by atoms with Crippen LogP contribution < -0.4 is 10.1 Å². The van der Waals surface area contributed by atoms with Gasteiger partial charge >= 0.3 is 0 Å². The summed E-state index contributed by atoms with van der Waals surface area (Å²) in [6.07, 6.45) is 0.244. The summed E-state index contributed by atoms with van der Waals surface area (Å²) >= 11 is 11.9. The van der Waals surface area contributed by atoms with Crippen molar-refractivity contribution in [1.29, 1.82) is 0 Å². The molecule has 156 valence electrons. The lowest BCUT2D eigenvalue weighted by Crippen LogP contribution is -2.30. The largest absolute Gasteiger partial charge is 0.479 e. The fourth-order valence-corrected chi connectivity index (χ4v) is 3.44. The Hall–Kier alpha value is -2.68. The van der Waals surface area contributed by atoms with Gasteiger partial charge in [0.1, 0.15) is 5.75 Å². The van der Waals surface area contributed by atoms with Crippen molar-refractivity contribution in [2.75, 3.05) is 11.6 Å². The lowest BCUT2D eigenvalue weighted by molar-refractivity contribution is -0.122. The van der Waals surface area contributed by atoms with Crippen molar-refractivity contribution < 1.29 is 17.9 Å². The number of halogens is 2. The van der Waals surface area contributed by atoms with E-state index in [0.717, 1.165) is 6.26 Å². The van der Waals surface area contributed by atoms with Crippen molar-refractivity contribution in [3.05, 3.63) is 64.6 Å². The molecule has 0 unspecified atom stereocenters. The maximum Gasteiger partial charge on any atom is 0.265 e. The molecule has 1 N–H and O–H groups in total. The third-order valence-electron chi connectivity index (χ3n) is 4.01. The van der Waals surface area contributed by atoms with E-state index in [1.54, 1.807) is 49.4 Å². The maximum absolute atomic E-state index is 12.5. The van der Waals surface area contributed by atoms with Gasteiger partial charge in [0.2, 0.25) is 0 Å². The third-order valence-corrected chi connectivity index (χ3v) is 5.52. The molecule has 1 heterocycles. The average Bonchev–Trinajstić information content (AvgIpc) is 2.69. The predicted octanol–water partition coefficient (Wildman–Crippen LogP) is 4.26. The van der Waals surface area contributed by atoms with Crippen LogP contribution in [-0.4, -0.2) is 36.9 Å². The topological polar surface area (TPSA) is 98.2 Å². The number of hydrogen-bond donors (Lipinski definition) is 1. The van der Waals surface area contributed by atoms with Gasteiger partial charge < -0.3 is 10.1 Å². The van der Waals surface area contributed by atoms with E-state index in [1.165, 1.54) is 12.1 Å². The summed E-state index contributed by atoms with van der Waals surface area (Å²) < 4.78 is 28.6. The van der Waals surface area contributed by atoms with Gasteiger partial charge in [0, 0.05) is 22.5 Å². The van der Waals surface area contributed by atoms with Crippen LogP contribution >= 0.6 is 23.2 Å². The summed E-state index contributed by atoms with van der Waals surface area (Å²) in [6, 6.07) is 14.6. The van der Waals surface area contributed by atoms with Gasteiger partial charge in [-0.3, -0.25) is 4.79 Å². The molecule has 0 saturated carbocycles. The lowest BCUT2D eigenvalue weighted by Gasteiger charge is -2.16. The Labute approximate surface area is 183 Å². The van der Waals surface area contributed by atoms with Crippen molar-refractivity contribution in [2.24, 2.45) is 0 Å². The minimum absolute atomic E-state index is 0.109. The second-order valence-corrected chi connectivity index (χ2v) is 9.24. The van der Waals surface area contributed by atoms with Crippen LogP contribution in [-0.2, 0) is 14.6 Å². The van der Waals surface area contributed by atoms with Crippen LogP contribution in [0.1, 0.15) is 6.92 Å². The summed E-state index contributed by atoms with van der Waals surface area (Å²) in [5.74, 6) is -0.0321. The molecule has 7 nitrogen and oxygen atoms in total. The number of benzene rings is 2. The second kappa shape index (κ2) is 8.99. The number of amides is 1. The van der Waals surface area contributed by atoms with Crippen LogP contribution in [0.5, 0.6) is 5.75 Å². The monoisotopic (exact) mass is 465 g/mol. The summed E-state index contributed by atoms with van der Waals surface area (Å²) in [7, 11) is -3.43. The molecule has 2 aromatic carbocycles. The molecule has 1 amide bonds. The number of nitrogens with zero attached hydrogens (tertiary/aromatic N) is 2. The average molecular weight is 466 g/mol. The molecule has 0 aliphatic rings. The van der Waals surface area contributed by atoms with E-state index in [-0.39, 0.29) is 10.9 Å². The summed E-state index contributed by atoms with van der Waals surface area (Å²) in [5, 5.41) is 11.1. The molecule has 0 saturated heterocycles. The van der Waals surface area contributed by atoms with Crippen LogP contribution in [0.4, 0.5) is 5.69 Å². The van der Waals surface area contributed by atoms with Gasteiger partial charge in [-0.15, -0.1) is 10.2 Å². The number of ether oxygens (including phenoxy) is 1. The molecule has 30 heavy (non-hydrogen) atoms. The Bertz CT molecular complexity index is 1180. The zero-order valence-electron chi connectivity index (χ0n) is 16.0. The van der Waals surface area contributed by atoms with E-state index >= 15 is 0 Å². The standard InChI is InChI=1S/C20H17Cl2N3O4S/c1-12(29-18-8-6-14(21)11-16(18)22)20(26)23-15-5-3-4-13(10-15)17-7-9-19(25-24-17)30(2,27)28/h3-12H,1-2H3,(H,23,26)/t12-/m0/s1. The van der Waals surface area contributed by atoms with Gasteiger partial charge in [-0.05, 0) is 49.4 Å². The number of sulfone groups is 1. The lowest BCUT2D eigenvalue weighted by atomic mass is 10.1. The van der Waals surface area contributed by atoms with Crippen LogP contribution in [0.25, 0.3) is 11.3 Å². The summed E-state index contributed by atoms with van der Waals surface area (Å²) in [5.41, 5.74) is 1.65. The van der Waals surface area contributed by atoms with E-state index < -0.39 is 15.9 Å². The number of rotatable bonds is 6. The smallest absolute Gasteiger partial charge is 0.265 e. The highest BCUT2D eigenvalue weighted by atomic mass is 35.5. The fourth-order valence-electron chi connectivity index (χ4n) is 2.49. The molecule has 0 bridgehead atoms. The van der Waals surface area contributed by atoms with Crippen molar-refractivity contribution in [2.45, 2.75) is 18.1 Å². The molecule has 3 aromatic rings. The molecule has 1 aromatic heterocycles. The van der Waals surface area contributed by atoms with E-state index in [0.29, 0.717) is 32.7 Å². The summed E-state index contributed by atoms with van der Waals surface area (Å²) in [4.78, 5) is 12.5. The van der Waals surface area contributed by atoms with E-state index in [1.807, 2.05) is 0 Å². The molecular weight excluding hydrogens is 449 g/mol. The zero-order chi connectivity index (χ0) is 21.9. The molecular formula is C20H17Cl2N3O4S. The molecule has 0 aliphatic carbocycles. The van der Waals surface area contributed by atoms with Gasteiger partial charge in [0.25, 0.3) is 5.91 Å². The molecule has 0 aliphatic heterocycles. The minimum Gasteiger partial charge on any atom is -0.479 e. The highest BCUT2D eigenvalue weighted by Gasteiger charge is 2.17. The van der Waals surface area contributed by atoms with Gasteiger partial charge in [-0.25, -0.2) is 8.42 Å². The van der Waals surface area contributed by atoms with Crippen molar-refractivity contribution in [3.8, 4) is 17.0 Å². The number of carbonyl (C=O) groups excluding carboxylic acids is 1. The Balaban J connectivity index is 1.72. The number of anilines is 1. The van der Waals surface area contributed by atoms with Gasteiger partial charge in [0.05, 0.1) is 10.7 Å². The third kappa shape index (κ3) is 5.47. The molecule has 0 fully saturated rings. The van der Waals surface area contributed by atoms with E-state index in [4.69, 9.17) is 27.9 Å². The minimum atomic E-state index is -3.43. The first-order valence-electron chi connectivity index (χ1n) is 8.70. The van der Waals surface area contributed by atoms with E-state index in [9.17, 15) is 13.2 Å². The molecule has 10 heteroatoms. The van der Waals surface area contributed by atoms with E-state index in [2.05, 4.69) is 15.5 Å². The quantitative estimate of drug-likeness (QED) is 0.583. The Morgan fingerprint density at radius 1 is 1.07 bits per heavy atom. The van der Waals surface area contributed by atoms with Crippen molar-refractivity contribution >= 4 is 44.6 Å². The summed E-state index contributed by atoms with van der Waals surface area (Å²) in [6.45, 7) is 1.60.